The number of carboxylic acids is 1. The molecule has 5 rings (SSSR count). The number of aromatic amines is 1. The normalized spacial score (nSPS) is 13.8. The summed E-state index contributed by atoms with van der Waals surface area (Å²) in [6.45, 7) is 0.812. The lowest BCUT2D eigenvalue weighted by Gasteiger charge is -2.26. The van der Waals surface area contributed by atoms with E-state index in [0.29, 0.717) is 30.6 Å². The minimum absolute atomic E-state index is 0.187. The van der Waals surface area contributed by atoms with Crippen LogP contribution in [0.2, 0.25) is 0 Å². The molecule has 170 valence electrons. The van der Waals surface area contributed by atoms with Crippen molar-refractivity contribution in [3.8, 4) is 23.0 Å². The summed E-state index contributed by atoms with van der Waals surface area (Å²) in [5, 5.41) is 10.9. The van der Waals surface area contributed by atoms with Crippen LogP contribution in [-0.2, 0) is 23.0 Å². The average Bonchev–Trinajstić information content (AvgIpc) is 3.29. The van der Waals surface area contributed by atoms with E-state index in [0.717, 1.165) is 33.2 Å². The van der Waals surface area contributed by atoms with Crippen molar-refractivity contribution in [2.45, 2.75) is 13.0 Å². The highest BCUT2D eigenvalue weighted by molar-refractivity contribution is 7.88. The van der Waals surface area contributed by atoms with Crippen molar-refractivity contribution < 1.29 is 18.3 Å². The highest BCUT2D eigenvalue weighted by Gasteiger charge is 2.23. The first-order chi connectivity index (χ1) is 16.3. The first-order valence-corrected chi connectivity index (χ1v) is 12.7. The van der Waals surface area contributed by atoms with Gasteiger partial charge in [-0.05, 0) is 64.9 Å². The Balaban J connectivity index is 1.56. The third-order valence-corrected chi connectivity index (χ3v) is 7.38. The topological polar surface area (TPSA) is 90.5 Å². The zero-order chi connectivity index (χ0) is 23.9. The van der Waals surface area contributed by atoms with Crippen LogP contribution in [-0.4, -0.2) is 41.6 Å². The molecule has 34 heavy (non-hydrogen) atoms. The van der Waals surface area contributed by atoms with Gasteiger partial charge in [0, 0.05) is 41.5 Å². The van der Waals surface area contributed by atoms with Crippen LogP contribution < -0.4 is 0 Å². The molecule has 4 aromatic rings. The second kappa shape index (κ2) is 8.49. The molecule has 0 bridgehead atoms. The molecule has 3 aromatic carbocycles. The first-order valence-electron chi connectivity index (χ1n) is 10.8. The smallest absolute Gasteiger partial charge is 0.336 e. The number of hydrogen-bond donors (Lipinski definition) is 2. The van der Waals surface area contributed by atoms with E-state index in [2.05, 4.69) is 16.8 Å². The quantitative estimate of drug-likeness (QED) is 0.438. The standard InChI is InChI=1S/C27H22N2O4S/c1-34(32,33)29-14-12-19-7-5-18(15-23(19)17-29)6-8-21-3-2-4-24(27(30)31)26(21)22-10-9-20-11-13-28-25(20)16-22/h2-5,7,9-11,13,15-16,28H,12,14,17H2,1H3,(H,30,31). The summed E-state index contributed by atoms with van der Waals surface area (Å²) >= 11 is 0. The lowest BCUT2D eigenvalue weighted by molar-refractivity contribution is 0.0697. The third kappa shape index (κ3) is 4.21. The van der Waals surface area contributed by atoms with Crippen LogP contribution in [0.15, 0.2) is 66.9 Å². The van der Waals surface area contributed by atoms with Crippen LogP contribution in [0.3, 0.4) is 0 Å². The number of rotatable bonds is 3. The van der Waals surface area contributed by atoms with Gasteiger partial charge in [0.25, 0.3) is 0 Å². The predicted octanol–water partition coefficient (Wildman–Crippen LogP) is 4.25. The first kappa shape index (κ1) is 22.0. The fraction of sp³-hybridized carbons (Fsp3) is 0.148. The van der Waals surface area contributed by atoms with Gasteiger partial charge in [-0.25, -0.2) is 13.2 Å². The number of aromatic carboxylic acids is 1. The van der Waals surface area contributed by atoms with Gasteiger partial charge in [-0.1, -0.05) is 36.1 Å². The molecule has 0 spiro atoms. The maximum atomic E-state index is 12.0. The second-order valence-electron chi connectivity index (χ2n) is 8.39. The summed E-state index contributed by atoms with van der Waals surface area (Å²) in [7, 11) is -3.26. The number of nitrogens with one attached hydrogen (secondary N) is 1. The fourth-order valence-electron chi connectivity index (χ4n) is 4.38. The average molecular weight is 471 g/mol. The van der Waals surface area contributed by atoms with E-state index in [-0.39, 0.29) is 5.56 Å². The molecule has 1 aromatic heterocycles. The van der Waals surface area contributed by atoms with Crippen LogP contribution in [0.1, 0.15) is 32.6 Å². The van der Waals surface area contributed by atoms with E-state index >= 15 is 0 Å². The molecule has 0 atom stereocenters. The van der Waals surface area contributed by atoms with Crippen molar-refractivity contribution in [1.29, 1.82) is 0 Å². The molecule has 0 radical (unpaired) electrons. The number of carbonyl (C=O) groups is 1. The van der Waals surface area contributed by atoms with Crippen molar-refractivity contribution in [1.82, 2.24) is 9.29 Å². The lowest BCUT2D eigenvalue weighted by atomic mass is 9.93. The molecule has 0 aliphatic carbocycles. The van der Waals surface area contributed by atoms with E-state index in [1.54, 1.807) is 12.1 Å². The highest BCUT2D eigenvalue weighted by Crippen LogP contribution is 2.30. The fourth-order valence-corrected chi connectivity index (χ4v) is 5.18. The molecule has 1 aliphatic heterocycles. The number of H-pyrrole nitrogens is 1. The van der Waals surface area contributed by atoms with E-state index in [4.69, 9.17) is 0 Å². The Labute approximate surface area is 197 Å². The van der Waals surface area contributed by atoms with E-state index in [9.17, 15) is 18.3 Å². The number of carboxylic acid groups (broad SMARTS) is 1. The van der Waals surface area contributed by atoms with Gasteiger partial charge < -0.3 is 10.1 Å². The van der Waals surface area contributed by atoms with Gasteiger partial charge in [-0.3, -0.25) is 0 Å². The number of aromatic nitrogens is 1. The monoisotopic (exact) mass is 470 g/mol. The SMILES string of the molecule is CS(=O)(=O)N1CCc2ccc(C#Cc3cccc(C(=O)O)c3-c3ccc4cc[nH]c4c3)cc2C1. The van der Waals surface area contributed by atoms with Gasteiger partial charge in [0.15, 0.2) is 0 Å². The molecule has 1 aliphatic rings. The molecule has 0 unspecified atom stereocenters. The van der Waals surface area contributed by atoms with Crippen LogP contribution >= 0.6 is 0 Å². The number of nitrogens with zero attached hydrogens (tertiary/aromatic N) is 1. The highest BCUT2D eigenvalue weighted by atomic mass is 32.2. The lowest BCUT2D eigenvalue weighted by Crippen LogP contribution is -2.35. The molecule has 7 heteroatoms. The Hall–Kier alpha value is -3.86. The van der Waals surface area contributed by atoms with Crippen molar-refractivity contribution in [2.75, 3.05) is 12.8 Å². The van der Waals surface area contributed by atoms with Crippen LogP contribution in [0.4, 0.5) is 0 Å². The molecule has 0 fully saturated rings. The second-order valence-corrected chi connectivity index (χ2v) is 10.4. The van der Waals surface area contributed by atoms with E-state index < -0.39 is 16.0 Å². The maximum Gasteiger partial charge on any atom is 0.336 e. The Morgan fingerprint density at radius 2 is 1.88 bits per heavy atom. The van der Waals surface area contributed by atoms with Gasteiger partial charge in [-0.15, -0.1) is 0 Å². The Morgan fingerprint density at radius 1 is 1.03 bits per heavy atom. The molecular formula is C27H22N2O4S. The molecule has 0 saturated heterocycles. The summed E-state index contributed by atoms with van der Waals surface area (Å²) in [5.74, 6) is 5.30. The zero-order valence-electron chi connectivity index (χ0n) is 18.5. The zero-order valence-corrected chi connectivity index (χ0v) is 19.3. The maximum absolute atomic E-state index is 12.0. The van der Waals surface area contributed by atoms with Crippen molar-refractivity contribution in [3.05, 3.63) is 94.7 Å². The summed E-state index contributed by atoms with van der Waals surface area (Å²) < 4.78 is 25.4. The summed E-state index contributed by atoms with van der Waals surface area (Å²) in [5.41, 5.74) is 5.88. The Bertz CT molecular complexity index is 1610. The summed E-state index contributed by atoms with van der Waals surface area (Å²) in [6.07, 6.45) is 3.74. The Kier molecular flexibility index (Phi) is 5.48. The molecule has 2 heterocycles. The number of fused-ring (bicyclic) bond motifs is 2. The van der Waals surface area contributed by atoms with Crippen LogP contribution in [0, 0.1) is 11.8 Å². The van der Waals surface area contributed by atoms with Crippen molar-refractivity contribution in [2.24, 2.45) is 0 Å². The van der Waals surface area contributed by atoms with Gasteiger partial charge >= 0.3 is 5.97 Å². The minimum atomic E-state index is -3.26. The van der Waals surface area contributed by atoms with Crippen molar-refractivity contribution >= 4 is 26.9 Å². The van der Waals surface area contributed by atoms with Crippen LogP contribution in [0.25, 0.3) is 22.0 Å². The van der Waals surface area contributed by atoms with Gasteiger partial charge in [0.1, 0.15) is 0 Å². The molecular weight excluding hydrogens is 448 g/mol. The van der Waals surface area contributed by atoms with Gasteiger partial charge in [0.2, 0.25) is 10.0 Å². The Morgan fingerprint density at radius 3 is 2.68 bits per heavy atom. The van der Waals surface area contributed by atoms with Gasteiger partial charge in [-0.2, -0.15) is 4.31 Å². The molecule has 0 saturated carbocycles. The van der Waals surface area contributed by atoms with E-state index in [1.807, 2.05) is 54.7 Å². The van der Waals surface area contributed by atoms with Crippen molar-refractivity contribution in [3.63, 3.8) is 0 Å². The van der Waals surface area contributed by atoms with Gasteiger partial charge in [0.05, 0.1) is 11.8 Å². The summed E-state index contributed by atoms with van der Waals surface area (Å²) in [4.78, 5) is 15.2. The number of sulfonamides is 1. The molecule has 2 N–H and O–H groups in total. The largest absolute Gasteiger partial charge is 0.478 e. The minimum Gasteiger partial charge on any atom is -0.478 e. The van der Waals surface area contributed by atoms with Crippen LogP contribution in [0.5, 0.6) is 0 Å². The number of benzene rings is 3. The van der Waals surface area contributed by atoms with E-state index in [1.165, 1.54) is 10.6 Å². The number of hydrogen-bond acceptors (Lipinski definition) is 3. The summed E-state index contributed by atoms with van der Waals surface area (Å²) in [6, 6.07) is 18.7. The molecule has 0 amide bonds. The third-order valence-electron chi connectivity index (χ3n) is 6.13. The molecule has 6 nitrogen and oxygen atoms in total. The predicted molar refractivity (Wildman–Crippen MR) is 132 cm³/mol.